The Balaban J connectivity index is 1.78. The zero-order chi connectivity index (χ0) is 21.5. The minimum Gasteiger partial charge on any atom is -0.478 e. The summed E-state index contributed by atoms with van der Waals surface area (Å²) in [5, 5.41) is 19.4. The number of nitrogens with zero attached hydrogens (tertiary/aromatic N) is 2. The van der Waals surface area contributed by atoms with E-state index in [1.54, 1.807) is 24.3 Å². The zero-order valence-electron chi connectivity index (χ0n) is 16.9. The van der Waals surface area contributed by atoms with E-state index >= 15 is 0 Å². The highest BCUT2D eigenvalue weighted by atomic mass is 35.5. The molecule has 2 aromatic carbocycles. The normalized spacial score (nSPS) is 11.3. The third kappa shape index (κ3) is 5.17. The highest BCUT2D eigenvalue weighted by Crippen LogP contribution is 2.21. The van der Waals surface area contributed by atoms with Crippen LogP contribution in [0, 0.1) is 0 Å². The highest BCUT2D eigenvalue weighted by Gasteiger charge is 2.15. The second-order valence-corrected chi connectivity index (χ2v) is 7.44. The van der Waals surface area contributed by atoms with Gasteiger partial charge in [-0.1, -0.05) is 79.6 Å². The summed E-state index contributed by atoms with van der Waals surface area (Å²) >= 11 is 6.21. The number of aromatic carboxylic acids is 1. The number of hydrogen-bond acceptors (Lipinski definition) is 3. The van der Waals surface area contributed by atoms with Crippen molar-refractivity contribution in [2.75, 3.05) is 0 Å². The van der Waals surface area contributed by atoms with Gasteiger partial charge in [-0.3, -0.25) is 0 Å². The maximum atomic E-state index is 11.3. The van der Waals surface area contributed by atoms with Crippen LogP contribution in [0.2, 0.25) is 5.15 Å². The minimum atomic E-state index is -0.942. The van der Waals surface area contributed by atoms with E-state index < -0.39 is 5.97 Å². The molecule has 3 aromatic rings. The van der Waals surface area contributed by atoms with Crippen LogP contribution in [0.15, 0.2) is 48.5 Å². The van der Waals surface area contributed by atoms with E-state index in [4.69, 9.17) is 11.6 Å². The van der Waals surface area contributed by atoms with Gasteiger partial charge in [0.2, 0.25) is 0 Å². The highest BCUT2D eigenvalue weighted by molar-refractivity contribution is 6.30. The average Bonchev–Trinajstić information content (AvgIpc) is 3.05. The number of carboxylic acids is 1. The third-order valence-corrected chi connectivity index (χ3v) is 5.28. The lowest BCUT2D eigenvalue weighted by Gasteiger charge is -2.11. The van der Waals surface area contributed by atoms with Crippen LogP contribution in [-0.2, 0) is 19.6 Å². The smallest absolute Gasteiger partial charge is 0.336 e. The Labute approximate surface area is 181 Å². The van der Waals surface area contributed by atoms with Gasteiger partial charge in [-0.05, 0) is 29.2 Å². The SMILES string of the molecule is CCCCc1nc(Cl)c(CO)n1Cc1ccc(/C=C/c2ccccc2C(=O)O)cc1. The fraction of sp³-hybridized carbons (Fsp3) is 0.250. The lowest BCUT2D eigenvalue weighted by molar-refractivity contribution is 0.0696. The van der Waals surface area contributed by atoms with E-state index in [0.29, 0.717) is 23.0 Å². The molecule has 0 aliphatic carbocycles. The molecular weight excluding hydrogens is 400 g/mol. The van der Waals surface area contributed by atoms with E-state index in [1.807, 2.05) is 41.0 Å². The van der Waals surface area contributed by atoms with Gasteiger partial charge in [0.25, 0.3) is 0 Å². The van der Waals surface area contributed by atoms with E-state index in [1.165, 1.54) is 0 Å². The molecule has 5 nitrogen and oxygen atoms in total. The van der Waals surface area contributed by atoms with Gasteiger partial charge in [0.05, 0.1) is 17.9 Å². The predicted molar refractivity (Wildman–Crippen MR) is 120 cm³/mol. The van der Waals surface area contributed by atoms with E-state index in [2.05, 4.69) is 11.9 Å². The fourth-order valence-corrected chi connectivity index (χ4v) is 3.57. The van der Waals surface area contributed by atoms with Crippen LogP contribution in [0.1, 0.15) is 58.3 Å². The number of imidazole rings is 1. The van der Waals surface area contributed by atoms with E-state index in [-0.39, 0.29) is 12.2 Å². The number of aromatic nitrogens is 2. The van der Waals surface area contributed by atoms with Gasteiger partial charge < -0.3 is 14.8 Å². The van der Waals surface area contributed by atoms with E-state index in [0.717, 1.165) is 36.2 Å². The molecule has 0 aliphatic heterocycles. The minimum absolute atomic E-state index is 0.151. The quantitative estimate of drug-likeness (QED) is 0.458. The van der Waals surface area contributed by atoms with Crippen LogP contribution in [0.3, 0.4) is 0 Å². The first kappa shape index (κ1) is 21.8. The van der Waals surface area contributed by atoms with Gasteiger partial charge in [0.1, 0.15) is 5.82 Å². The molecule has 1 heterocycles. The number of rotatable bonds is 9. The van der Waals surface area contributed by atoms with Gasteiger partial charge in [-0.15, -0.1) is 0 Å². The number of carbonyl (C=O) groups is 1. The number of halogens is 1. The number of aryl methyl sites for hydroxylation is 1. The standard InChI is InChI=1S/C24H25ClN2O3/c1-2-3-8-22-26-23(25)21(16-28)27(22)15-18-11-9-17(10-12-18)13-14-19-6-4-5-7-20(19)24(29)30/h4-7,9-14,28H,2-3,8,15-16H2,1H3,(H,29,30)/b14-13+. The second kappa shape index (κ2) is 10.2. The number of hydrogen-bond donors (Lipinski definition) is 2. The summed E-state index contributed by atoms with van der Waals surface area (Å²) in [7, 11) is 0. The Hall–Kier alpha value is -2.89. The monoisotopic (exact) mass is 424 g/mol. The molecule has 0 radical (unpaired) electrons. The summed E-state index contributed by atoms with van der Waals surface area (Å²) in [6.07, 6.45) is 6.59. The van der Waals surface area contributed by atoms with Crippen LogP contribution < -0.4 is 0 Å². The molecule has 0 atom stereocenters. The summed E-state index contributed by atoms with van der Waals surface area (Å²) in [5.41, 5.74) is 3.61. The fourth-order valence-electron chi connectivity index (χ4n) is 3.31. The molecule has 2 N–H and O–H groups in total. The van der Waals surface area contributed by atoms with Crippen LogP contribution in [0.5, 0.6) is 0 Å². The van der Waals surface area contributed by atoms with Crippen molar-refractivity contribution in [2.24, 2.45) is 0 Å². The van der Waals surface area contributed by atoms with Crippen LogP contribution in [-0.4, -0.2) is 25.7 Å². The molecule has 0 spiro atoms. The predicted octanol–water partition coefficient (Wildman–Crippen LogP) is 5.29. The lowest BCUT2D eigenvalue weighted by atomic mass is 10.1. The molecule has 6 heteroatoms. The van der Waals surface area contributed by atoms with Gasteiger partial charge in [-0.2, -0.15) is 0 Å². The van der Waals surface area contributed by atoms with Gasteiger partial charge in [0, 0.05) is 13.0 Å². The first-order valence-electron chi connectivity index (χ1n) is 9.97. The second-order valence-electron chi connectivity index (χ2n) is 7.08. The van der Waals surface area contributed by atoms with Crippen LogP contribution in [0.25, 0.3) is 12.2 Å². The van der Waals surface area contributed by atoms with Crippen molar-refractivity contribution in [1.29, 1.82) is 0 Å². The molecule has 156 valence electrons. The number of unbranched alkanes of at least 4 members (excludes halogenated alkanes) is 1. The molecule has 0 fully saturated rings. The zero-order valence-corrected chi connectivity index (χ0v) is 17.6. The van der Waals surface area contributed by atoms with Gasteiger partial charge in [-0.25, -0.2) is 9.78 Å². The molecular formula is C24H25ClN2O3. The first-order chi connectivity index (χ1) is 14.5. The van der Waals surface area contributed by atoms with Crippen molar-refractivity contribution < 1.29 is 15.0 Å². The number of aliphatic hydroxyl groups is 1. The largest absolute Gasteiger partial charge is 0.478 e. The Bertz CT molecular complexity index is 1040. The van der Waals surface area contributed by atoms with Gasteiger partial charge >= 0.3 is 5.97 Å². The van der Waals surface area contributed by atoms with Crippen LogP contribution in [0.4, 0.5) is 0 Å². The van der Waals surface area contributed by atoms with Crippen molar-refractivity contribution in [3.8, 4) is 0 Å². The van der Waals surface area contributed by atoms with Crippen molar-refractivity contribution in [3.63, 3.8) is 0 Å². The topological polar surface area (TPSA) is 75.4 Å². The average molecular weight is 425 g/mol. The maximum Gasteiger partial charge on any atom is 0.336 e. The lowest BCUT2D eigenvalue weighted by Crippen LogP contribution is -2.09. The number of carboxylic acid groups (broad SMARTS) is 1. The first-order valence-corrected chi connectivity index (χ1v) is 10.3. The van der Waals surface area contributed by atoms with Crippen molar-refractivity contribution in [3.05, 3.63) is 87.5 Å². The Kier molecular flexibility index (Phi) is 7.44. The summed E-state index contributed by atoms with van der Waals surface area (Å²) in [4.78, 5) is 15.8. The molecule has 0 aliphatic rings. The van der Waals surface area contributed by atoms with Crippen molar-refractivity contribution in [1.82, 2.24) is 9.55 Å². The number of aliphatic hydroxyl groups excluding tert-OH is 1. The molecule has 0 amide bonds. The Morgan fingerprint density at radius 3 is 2.53 bits per heavy atom. The molecule has 0 unspecified atom stereocenters. The summed E-state index contributed by atoms with van der Waals surface area (Å²) < 4.78 is 1.99. The molecule has 1 aromatic heterocycles. The Morgan fingerprint density at radius 1 is 1.13 bits per heavy atom. The molecule has 0 saturated carbocycles. The summed E-state index contributed by atoms with van der Waals surface area (Å²) in [6, 6.07) is 14.9. The number of benzene rings is 2. The van der Waals surface area contributed by atoms with E-state index in [9.17, 15) is 15.0 Å². The molecule has 30 heavy (non-hydrogen) atoms. The molecule has 0 saturated heterocycles. The van der Waals surface area contributed by atoms with Crippen molar-refractivity contribution >= 4 is 29.7 Å². The Morgan fingerprint density at radius 2 is 1.87 bits per heavy atom. The van der Waals surface area contributed by atoms with Crippen LogP contribution >= 0.6 is 11.6 Å². The maximum absolute atomic E-state index is 11.3. The summed E-state index contributed by atoms with van der Waals surface area (Å²) in [6.45, 7) is 2.56. The molecule has 0 bridgehead atoms. The van der Waals surface area contributed by atoms with Gasteiger partial charge in [0.15, 0.2) is 5.15 Å². The van der Waals surface area contributed by atoms with Crippen molar-refractivity contribution in [2.45, 2.75) is 39.3 Å². The third-order valence-electron chi connectivity index (χ3n) is 4.97. The summed E-state index contributed by atoms with van der Waals surface area (Å²) in [5.74, 6) is -0.0525. The molecule has 3 rings (SSSR count).